The predicted molar refractivity (Wildman–Crippen MR) is 100.0 cm³/mol. The molecule has 3 aromatic heterocycles. The number of hydrogen-bond donors (Lipinski definition) is 1. The first-order valence-corrected chi connectivity index (χ1v) is 9.03. The van der Waals surface area contributed by atoms with E-state index < -0.39 is 0 Å². The van der Waals surface area contributed by atoms with Crippen molar-refractivity contribution in [3.63, 3.8) is 0 Å². The first-order chi connectivity index (χ1) is 13.1. The molecule has 1 saturated heterocycles. The minimum Gasteiger partial charge on any atom is -0.376 e. The maximum atomic E-state index is 12.5. The van der Waals surface area contributed by atoms with E-state index in [0.717, 1.165) is 30.8 Å². The van der Waals surface area contributed by atoms with Crippen LogP contribution in [0.5, 0.6) is 0 Å². The number of nitrogens with one attached hydrogen (secondary N) is 1. The van der Waals surface area contributed by atoms with Crippen LogP contribution in [-0.4, -0.2) is 43.2 Å². The second-order valence-corrected chi connectivity index (χ2v) is 6.78. The van der Waals surface area contributed by atoms with E-state index in [1.807, 2.05) is 26.1 Å². The topological polar surface area (TPSA) is 86.9 Å². The molecule has 0 aliphatic carbocycles. The molecule has 27 heavy (non-hydrogen) atoms. The van der Waals surface area contributed by atoms with Crippen molar-refractivity contribution in [1.82, 2.24) is 24.5 Å². The fourth-order valence-electron chi connectivity index (χ4n) is 3.23. The zero-order chi connectivity index (χ0) is 18.8. The van der Waals surface area contributed by atoms with Gasteiger partial charge in [0.2, 0.25) is 0 Å². The lowest BCUT2D eigenvalue weighted by Crippen LogP contribution is -2.15. The van der Waals surface area contributed by atoms with Crippen molar-refractivity contribution < 1.29 is 9.53 Å². The summed E-state index contributed by atoms with van der Waals surface area (Å²) in [5.41, 5.74) is 3.06. The maximum Gasteiger partial charge on any atom is 0.257 e. The van der Waals surface area contributed by atoms with Crippen LogP contribution in [-0.2, 0) is 11.3 Å². The molecule has 4 rings (SSSR count). The molecule has 1 fully saturated rings. The first-order valence-electron chi connectivity index (χ1n) is 9.03. The number of rotatable bonds is 5. The molecular weight excluding hydrogens is 344 g/mol. The van der Waals surface area contributed by atoms with E-state index in [2.05, 4.69) is 20.5 Å². The normalized spacial score (nSPS) is 16.6. The van der Waals surface area contributed by atoms with Crippen molar-refractivity contribution in [1.29, 1.82) is 0 Å². The number of hydrogen-bond acceptors (Lipinski definition) is 5. The fraction of sp³-hybridized carbons (Fsp3) is 0.368. The summed E-state index contributed by atoms with van der Waals surface area (Å²) in [6.07, 6.45) is 7.37. The van der Waals surface area contributed by atoms with Gasteiger partial charge in [-0.15, -0.1) is 0 Å². The van der Waals surface area contributed by atoms with E-state index in [9.17, 15) is 4.79 Å². The minimum atomic E-state index is -0.223. The van der Waals surface area contributed by atoms with Gasteiger partial charge in [0.05, 0.1) is 35.8 Å². The predicted octanol–water partition coefficient (Wildman–Crippen LogP) is 2.51. The summed E-state index contributed by atoms with van der Waals surface area (Å²) in [4.78, 5) is 16.8. The standard InChI is InChI=1S/C19H22N6O2/c1-13-8-14(2)25(23-13)18-6-5-15(9-20-18)19(26)22-16-10-21-24(11-16)12-17-4-3-7-27-17/h5-6,8-11,17H,3-4,7,12H2,1-2H3,(H,22,26). The van der Waals surface area contributed by atoms with Gasteiger partial charge in [-0.1, -0.05) is 0 Å². The molecule has 1 N–H and O–H groups in total. The lowest BCUT2D eigenvalue weighted by Gasteiger charge is -2.08. The molecule has 8 nitrogen and oxygen atoms in total. The van der Waals surface area contributed by atoms with Gasteiger partial charge in [-0.2, -0.15) is 10.2 Å². The number of ether oxygens (including phenoxy) is 1. The lowest BCUT2D eigenvalue weighted by atomic mass is 10.2. The van der Waals surface area contributed by atoms with Gasteiger partial charge in [0.1, 0.15) is 0 Å². The number of nitrogens with zero attached hydrogens (tertiary/aromatic N) is 5. The molecule has 8 heteroatoms. The molecule has 1 aliphatic rings. The van der Waals surface area contributed by atoms with E-state index >= 15 is 0 Å². The van der Waals surface area contributed by atoms with Crippen molar-refractivity contribution in [2.45, 2.75) is 39.3 Å². The number of aryl methyl sites for hydroxylation is 2. The van der Waals surface area contributed by atoms with Crippen LogP contribution in [0.25, 0.3) is 5.82 Å². The molecule has 0 bridgehead atoms. The second kappa shape index (κ2) is 7.32. The molecular formula is C19H22N6O2. The van der Waals surface area contributed by atoms with Gasteiger partial charge in [-0.25, -0.2) is 9.67 Å². The Bertz CT molecular complexity index is 938. The van der Waals surface area contributed by atoms with Crippen molar-refractivity contribution in [2.24, 2.45) is 0 Å². The maximum absolute atomic E-state index is 12.5. The Kier molecular flexibility index (Phi) is 4.72. The zero-order valence-corrected chi connectivity index (χ0v) is 15.4. The fourth-order valence-corrected chi connectivity index (χ4v) is 3.23. The molecule has 1 amide bonds. The highest BCUT2D eigenvalue weighted by Gasteiger charge is 2.17. The Balaban J connectivity index is 1.41. The average Bonchev–Trinajstić information content (AvgIpc) is 3.38. The van der Waals surface area contributed by atoms with E-state index in [0.29, 0.717) is 23.6 Å². The number of carbonyl (C=O) groups excluding carboxylic acids is 1. The van der Waals surface area contributed by atoms with Gasteiger partial charge in [0.15, 0.2) is 5.82 Å². The van der Waals surface area contributed by atoms with Crippen LogP contribution >= 0.6 is 0 Å². The first kappa shape index (κ1) is 17.4. The largest absolute Gasteiger partial charge is 0.376 e. The molecule has 0 saturated carbocycles. The van der Waals surface area contributed by atoms with Crippen LogP contribution in [0.1, 0.15) is 34.6 Å². The summed E-state index contributed by atoms with van der Waals surface area (Å²) >= 11 is 0. The van der Waals surface area contributed by atoms with Gasteiger partial charge < -0.3 is 10.1 Å². The SMILES string of the molecule is Cc1cc(C)n(-c2ccc(C(=O)Nc3cnn(CC4CCCO4)c3)cn2)n1. The molecule has 0 spiro atoms. The van der Waals surface area contributed by atoms with Crippen LogP contribution in [0.15, 0.2) is 36.8 Å². The molecule has 1 aliphatic heterocycles. The third-order valence-corrected chi connectivity index (χ3v) is 4.54. The van der Waals surface area contributed by atoms with E-state index in [1.165, 1.54) is 0 Å². The van der Waals surface area contributed by atoms with Crippen molar-refractivity contribution in [3.8, 4) is 5.82 Å². The highest BCUT2D eigenvalue weighted by molar-refractivity contribution is 6.03. The quantitative estimate of drug-likeness (QED) is 0.750. The summed E-state index contributed by atoms with van der Waals surface area (Å²) in [6, 6.07) is 5.51. The third kappa shape index (κ3) is 3.90. The highest BCUT2D eigenvalue weighted by atomic mass is 16.5. The summed E-state index contributed by atoms with van der Waals surface area (Å²) < 4.78 is 9.17. The van der Waals surface area contributed by atoms with Crippen molar-refractivity contribution in [3.05, 3.63) is 53.7 Å². The smallest absolute Gasteiger partial charge is 0.257 e. The van der Waals surface area contributed by atoms with Crippen molar-refractivity contribution in [2.75, 3.05) is 11.9 Å². The van der Waals surface area contributed by atoms with Crippen LogP contribution < -0.4 is 5.32 Å². The van der Waals surface area contributed by atoms with E-state index in [4.69, 9.17) is 4.74 Å². The summed E-state index contributed by atoms with van der Waals surface area (Å²) in [5, 5.41) is 11.5. The van der Waals surface area contributed by atoms with Gasteiger partial charge in [0.25, 0.3) is 5.91 Å². The van der Waals surface area contributed by atoms with Crippen molar-refractivity contribution >= 4 is 11.6 Å². The monoisotopic (exact) mass is 366 g/mol. The Morgan fingerprint density at radius 1 is 1.33 bits per heavy atom. The Morgan fingerprint density at radius 3 is 2.89 bits per heavy atom. The molecule has 1 atom stereocenters. The Hall–Kier alpha value is -3.00. The van der Waals surface area contributed by atoms with Crippen LogP contribution in [0, 0.1) is 13.8 Å². The van der Waals surface area contributed by atoms with Crippen LogP contribution in [0.2, 0.25) is 0 Å². The number of anilines is 1. The zero-order valence-electron chi connectivity index (χ0n) is 15.4. The van der Waals surface area contributed by atoms with E-state index in [-0.39, 0.29) is 12.0 Å². The summed E-state index contributed by atoms with van der Waals surface area (Å²) in [6.45, 7) is 5.42. The molecule has 1 unspecified atom stereocenters. The Morgan fingerprint density at radius 2 is 2.22 bits per heavy atom. The van der Waals surface area contributed by atoms with Gasteiger partial charge >= 0.3 is 0 Å². The Labute approximate surface area is 157 Å². The summed E-state index contributed by atoms with van der Waals surface area (Å²) in [7, 11) is 0. The summed E-state index contributed by atoms with van der Waals surface area (Å²) in [5.74, 6) is 0.459. The van der Waals surface area contributed by atoms with Gasteiger partial charge in [0, 0.05) is 24.7 Å². The molecule has 3 aromatic rings. The average molecular weight is 366 g/mol. The van der Waals surface area contributed by atoms with Gasteiger partial charge in [-0.3, -0.25) is 9.48 Å². The molecule has 4 heterocycles. The number of aromatic nitrogens is 5. The second-order valence-electron chi connectivity index (χ2n) is 6.78. The number of carbonyl (C=O) groups is 1. The number of pyridine rings is 1. The highest BCUT2D eigenvalue weighted by Crippen LogP contribution is 2.16. The lowest BCUT2D eigenvalue weighted by molar-refractivity contribution is 0.0940. The number of amides is 1. The molecule has 0 aromatic carbocycles. The van der Waals surface area contributed by atoms with Gasteiger partial charge in [-0.05, 0) is 44.9 Å². The minimum absolute atomic E-state index is 0.208. The van der Waals surface area contributed by atoms with Crippen LogP contribution in [0.3, 0.4) is 0 Å². The third-order valence-electron chi connectivity index (χ3n) is 4.54. The molecule has 140 valence electrons. The van der Waals surface area contributed by atoms with E-state index in [1.54, 1.807) is 33.9 Å². The van der Waals surface area contributed by atoms with Crippen LogP contribution in [0.4, 0.5) is 5.69 Å². The molecule has 0 radical (unpaired) electrons.